The largest absolute Gasteiger partial charge is 0.406 e. The maximum Gasteiger partial charge on any atom is 0.406 e. The molecule has 1 amide bonds. The van der Waals surface area contributed by atoms with E-state index in [1.807, 2.05) is 20.9 Å². The van der Waals surface area contributed by atoms with Crippen molar-refractivity contribution in [1.82, 2.24) is 20.0 Å². The van der Waals surface area contributed by atoms with Crippen molar-refractivity contribution in [2.75, 3.05) is 13.1 Å². The lowest BCUT2D eigenvalue weighted by Gasteiger charge is -2.18. The van der Waals surface area contributed by atoms with E-state index in [1.54, 1.807) is 4.68 Å². The molecule has 5 nitrogen and oxygen atoms in total. The van der Waals surface area contributed by atoms with E-state index >= 15 is 0 Å². The minimum Gasteiger partial charge on any atom is -0.332 e. The van der Waals surface area contributed by atoms with Gasteiger partial charge < -0.3 is 10.2 Å². The second-order valence-corrected chi connectivity index (χ2v) is 5.44. The summed E-state index contributed by atoms with van der Waals surface area (Å²) in [6.45, 7) is 3.25. The Kier molecular flexibility index (Phi) is 4.27. The van der Waals surface area contributed by atoms with Crippen LogP contribution < -0.4 is 5.32 Å². The Bertz CT molecular complexity index is 538. The number of likely N-dealkylation sites (tertiary alicyclic amines) is 1. The molecule has 0 radical (unpaired) electrons. The highest BCUT2D eigenvalue weighted by atomic mass is 19.4. The van der Waals surface area contributed by atoms with Gasteiger partial charge in [0, 0.05) is 43.9 Å². The van der Waals surface area contributed by atoms with Gasteiger partial charge in [-0.2, -0.15) is 18.3 Å². The molecule has 1 aromatic rings. The third-order valence-corrected chi connectivity index (χ3v) is 3.81. The molecule has 118 valence electrons. The summed E-state index contributed by atoms with van der Waals surface area (Å²) in [6.07, 6.45) is -4.24. The predicted octanol–water partition coefficient (Wildman–Crippen LogP) is 1.29. The topological polar surface area (TPSA) is 50.2 Å². The first kappa shape index (κ1) is 15.8. The van der Waals surface area contributed by atoms with E-state index in [9.17, 15) is 18.0 Å². The molecular weight excluding hydrogens is 285 g/mol. The van der Waals surface area contributed by atoms with Crippen LogP contribution in [0.3, 0.4) is 0 Å². The van der Waals surface area contributed by atoms with Gasteiger partial charge in [-0.25, -0.2) is 0 Å². The molecule has 2 rings (SSSR count). The third kappa shape index (κ3) is 3.75. The Hall–Kier alpha value is -1.57. The number of hydrogen-bond donors (Lipinski definition) is 1. The van der Waals surface area contributed by atoms with E-state index in [0.29, 0.717) is 6.54 Å². The van der Waals surface area contributed by atoms with Crippen LogP contribution in [0.4, 0.5) is 13.2 Å². The van der Waals surface area contributed by atoms with Gasteiger partial charge in [-0.15, -0.1) is 0 Å². The van der Waals surface area contributed by atoms with E-state index in [-0.39, 0.29) is 19.0 Å². The van der Waals surface area contributed by atoms with Crippen LogP contribution in [0.2, 0.25) is 0 Å². The standard InChI is InChI=1S/C13H19F3N4O/c1-8-11(9(2)19(3)18-8)5-17-10-4-12(21)20(6-10)7-13(14,15)16/h10,17H,4-7H2,1-3H3. The second-order valence-electron chi connectivity index (χ2n) is 5.44. The lowest BCUT2D eigenvalue weighted by molar-refractivity contribution is -0.157. The molecule has 2 heterocycles. The number of nitrogens with one attached hydrogen (secondary N) is 1. The van der Waals surface area contributed by atoms with Crippen molar-refractivity contribution >= 4 is 5.91 Å². The summed E-state index contributed by atoms with van der Waals surface area (Å²) < 4.78 is 38.8. The Labute approximate surface area is 121 Å². The molecule has 0 aliphatic carbocycles. The monoisotopic (exact) mass is 304 g/mol. The number of halogens is 3. The fourth-order valence-electron chi connectivity index (χ4n) is 2.60. The first-order chi connectivity index (χ1) is 9.67. The van der Waals surface area contributed by atoms with Gasteiger partial charge in [-0.05, 0) is 13.8 Å². The van der Waals surface area contributed by atoms with Gasteiger partial charge in [0.1, 0.15) is 6.54 Å². The average molecular weight is 304 g/mol. The Morgan fingerprint density at radius 2 is 2.05 bits per heavy atom. The lowest BCUT2D eigenvalue weighted by Crippen LogP contribution is -2.37. The molecule has 8 heteroatoms. The first-order valence-corrected chi connectivity index (χ1v) is 6.74. The van der Waals surface area contributed by atoms with E-state index in [1.165, 1.54) is 0 Å². The Morgan fingerprint density at radius 1 is 1.38 bits per heavy atom. The van der Waals surface area contributed by atoms with E-state index < -0.39 is 18.6 Å². The summed E-state index contributed by atoms with van der Waals surface area (Å²) in [5.41, 5.74) is 2.93. The quantitative estimate of drug-likeness (QED) is 0.912. The van der Waals surface area contributed by atoms with Gasteiger partial charge in [-0.3, -0.25) is 9.48 Å². The summed E-state index contributed by atoms with van der Waals surface area (Å²) in [6, 6.07) is -0.251. The number of hydrogen-bond acceptors (Lipinski definition) is 3. The maximum absolute atomic E-state index is 12.3. The van der Waals surface area contributed by atoms with Gasteiger partial charge >= 0.3 is 6.18 Å². The zero-order valence-electron chi connectivity index (χ0n) is 12.3. The molecule has 1 N–H and O–H groups in total. The molecule has 1 unspecified atom stereocenters. The normalized spacial score (nSPS) is 19.6. The fraction of sp³-hybridized carbons (Fsp3) is 0.692. The molecule has 1 atom stereocenters. The minimum absolute atomic E-state index is 0.0939. The zero-order valence-corrected chi connectivity index (χ0v) is 12.3. The van der Waals surface area contributed by atoms with Crippen LogP contribution in [0.5, 0.6) is 0 Å². The smallest absolute Gasteiger partial charge is 0.332 e. The van der Waals surface area contributed by atoms with Crippen molar-refractivity contribution in [3.8, 4) is 0 Å². The van der Waals surface area contributed by atoms with Crippen molar-refractivity contribution in [1.29, 1.82) is 0 Å². The summed E-state index contributed by atoms with van der Waals surface area (Å²) in [5, 5.41) is 7.44. The molecule has 0 bridgehead atoms. The van der Waals surface area contributed by atoms with Crippen molar-refractivity contribution in [2.45, 2.75) is 39.0 Å². The van der Waals surface area contributed by atoms with Crippen molar-refractivity contribution in [3.63, 3.8) is 0 Å². The molecular formula is C13H19F3N4O. The maximum atomic E-state index is 12.3. The SMILES string of the molecule is Cc1nn(C)c(C)c1CNC1CC(=O)N(CC(F)(F)F)C1. The second kappa shape index (κ2) is 5.67. The predicted molar refractivity (Wildman–Crippen MR) is 70.6 cm³/mol. The van der Waals surface area contributed by atoms with Crippen molar-refractivity contribution in [3.05, 3.63) is 17.0 Å². The summed E-state index contributed by atoms with van der Waals surface area (Å²) in [4.78, 5) is 12.4. The van der Waals surface area contributed by atoms with E-state index in [4.69, 9.17) is 0 Å². The highest BCUT2D eigenvalue weighted by molar-refractivity contribution is 5.79. The van der Waals surface area contributed by atoms with Crippen LogP contribution >= 0.6 is 0 Å². The molecule has 1 saturated heterocycles. The van der Waals surface area contributed by atoms with Crippen molar-refractivity contribution in [2.24, 2.45) is 7.05 Å². The van der Waals surface area contributed by atoms with Gasteiger partial charge in [-0.1, -0.05) is 0 Å². The minimum atomic E-state index is -4.35. The number of amides is 1. The first-order valence-electron chi connectivity index (χ1n) is 6.74. The number of nitrogens with zero attached hydrogens (tertiary/aromatic N) is 3. The highest BCUT2D eigenvalue weighted by Crippen LogP contribution is 2.21. The summed E-state index contributed by atoms with van der Waals surface area (Å²) in [5.74, 6) is -0.454. The van der Waals surface area contributed by atoms with Crippen molar-refractivity contribution < 1.29 is 18.0 Å². The van der Waals surface area contributed by atoms with E-state index in [2.05, 4.69) is 10.4 Å². The fourth-order valence-corrected chi connectivity index (χ4v) is 2.60. The number of carbonyl (C=O) groups excluding carboxylic acids is 1. The van der Waals surface area contributed by atoms with Crippen LogP contribution in [0, 0.1) is 13.8 Å². The van der Waals surface area contributed by atoms with Crippen LogP contribution in [-0.2, 0) is 18.4 Å². The molecule has 1 fully saturated rings. The third-order valence-electron chi connectivity index (χ3n) is 3.81. The molecule has 1 aliphatic rings. The van der Waals surface area contributed by atoms with Crippen LogP contribution in [0.15, 0.2) is 0 Å². The molecule has 1 aliphatic heterocycles. The van der Waals surface area contributed by atoms with Crippen LogP contribution in [0.1, 0.15) is 23.4 Å². The van der Waals surface area contributed by atoms with E-state index in [0.717, 1.165) is 21.9 Å². The number of rotatable bonds is 4. The number of alkyl halides is 3. The van der Waals surface area contributed by atoms with Gasteiger partial charge in [0.2, 0.25) is 5.91 Å². The molecule has 21 heavy (non-hydrogen) atoms. The molecule has 0 saturated carbocycles. The van der Waals surface area contributed by atoms with Crippen LogP contribution in [0.25, 0.3) is 0 Å². The summed E-state index contributed by atoms with van der Waals surface area (Å²) >= 11 is 0. The van der Waals surface area contributed by atoms with Gasteiger partial charge in [0.05, 0.1) is 5.69 Å². The number of carbonyl (C=O) groups is 1. The molecule has 1 aromatic heterocycles. The highest BCUT2D eigenvalue weighted by Gasteiger charge is 2.38. The van der Waals surface area contributed by atoms with Gasteiger partial charge in [0.25, 0.3) is 0 Å². The van der Waals surface area contributed by atoms with Gasteiger partial charge in [0.15, 0.2) is 0 Å². The lowest BCUT2D eigenvalue weighted by atomic mass is 10.1. The number of aryl methyl sites for hydroxylation is 2. The average Bonchev–Trinajstić information content (AvgIpc) is 2.78. The Balaban J connectivity index is 1.92. The summed E-state index contributed by atoms with van der Waals surface area (Å²) in [7, 11) is 1.84. The molecule has 0 aromatic carbocycles. The molecule has 0 spiro atoms. The Morgan fingerprint density at radius 3 is 2.57 bits per heavy atom. The van der Waals surface area contributed by atoms with Crippen LogP contribution in [-0.4, -0.2) is 45.9 Å². The number of aromatic nitrogens is 2. The zero-order chi connectivity index (χ0) is 15.8.